The number of carboxylic acid groups (broad SMARTS) is 2. The Balaban J connectivity index is 0.000000399. The van der Waals surface area contributed by atoms with Gasteiger partial charge in [0.25, 0.3) is 0 Å². The third-order valence-corrected chi connectivity index (χ3v) is 2.10. The molecule has 9 heteroatoms. The topological polar surface area (TPSA) is 87.1 Å². The van der Waals surface area contributed by atoms with Crippen molar-refractivity contribution in [3.05, 3.63) is 0 Å². The van der Waals surface area contributed by atoms with E-state index in [1.807, 2.05) is 18.7 Å². The molecule has 1 heterocycles. The standard InChI is InChI=1S/C8H15NO3.C2HF3O2/c1-6-3-9(5-8(10)11)4-7(2)12-6;3-2(4,5)1(6)7/h6-7H,3-5H2,1-2H3,(H,10,11);(H,6,7)/t6-,7+;. The number of ether oxygens (including phenoxy) is 1. The van der Waals surface area contributed by atoms with Crippen LogP contribution < -0.4 is 0 Å². The van der Waals surface area contributed by atoms with Crippen LogP contribution in [0, 0.1) is 0 Å². The molecule has 1 aliphatic rings. The molecular formula is C10H16F3NO5. The van der Waals surface area contributed by atoms with E-state index in [1.165, 1.54) is 0 Å². The minimum Gasteiger partial charge on any atom is -0.480 e. The van der Waals surface area contributed by atoms with Crippen LogP contribution in [0.1, 0.15) is 13.8 Å². The van der Waals surface area contributed by atoms with Crippen LogP contribution in [-0.2, 0) is 14.3 Å². The molecule has 2 N–H and O–H groups in total. The van der Waals surface area contributed by atoms with Crippen LogP contribution in [0.5, 0.6) is 0 Å². The number of hydrogen-bond donors (Lipinski definition) is 2. The van der Waals surface area contributed by atoms with E-state index >= 15 is 0 Å². The van der Waals surface area contributed by atoms with Gasteiger partial charge in [0, 0.05) is 13.1 Å². The van der Waals surface area contributed by atoms with E-state index in [1.54, 1.807) is 0 Å². The van der Waals surface area contributed by atoms with Crippen LogP contribution in [0.25, 0.3) is 0 Å². The van der Waals surface area contributed by atoms with Crippen molar-refractivity contribution in [2.45, 2.75) is 32.2 Å². The van der Waals surface area contributed by atoms with Gasteiger partial charge in [-0.15, -0.1) is 0 Å². The summed E-state index contributed by atoms with van der Waals surface area (Å²) in [6.07, 6.45) is -4.79. The lowest BCUT2D eigenvalue weighted by atomic mass is 10.2. The summed E-state index contributed by atoms with van der Waals surface area (Å²) in [6.45, 7) is 5.49. The lowest BCUT2D eigenvalue weighted by Crippen LogP contribution is -2.47. The van der Waals surface area contributed by atoms with Crippen molar-refractivity contribution in [1.29, 1.82) is 0 Å². The fourth-order valence-corrected chi connectivity index (χ4v) is 1.60. The van der Waals surface area contributed by atoms with Crippen LogP contribution in [0.15, 0.2) is 0 Å². The normalized spacial score (nSPS) is 24.3. The van der Waals surface area contributed by atoms with Crippen LogP contribution in [-0.4, -0.2) is 65.1 Å². The van der Waals surface area contributed by atoms with Crippen molar-refractivity contribution in [3.63, 3.8) is 0 Å². The molecule has 0 aliphatic carbocycles. The van der Waals surface area contributed by atoms with Gasteiger partial charge in [-0.3, -0.25) is 9.69 Å². The predicted octanol–water partition coefficient (Wildman–Crippen LogP) is 0.814. The summed E-state index contributed by atoms with van der Waals surface area (Å²) in [5.41, 5.74) is 0. The average molecular weight is 287 g/mol. The van der Waals surface area contributed by atoms with E-state index < -0.39 is 18.1 Å². The molecule has 0 saturated carbocycles. The van der Waals surface area contributed by atoms with E-state index in [2.05, 4.69) is 0 Å². The Bertz CT molecular complexity index is 311. The van der Waals surface area contributed by atoms with Gasteiger partial charge in [0.1, 0.15) is 0 Å². The first-order valence-electron chi connectivity index (χ1n) is 5.42. The Hall–Kier alpha value is -1.35. The van der Waals surface area contributed by atoms with E-state index in [0.29, 0.717) is 0 Å². The number of carbonyl (C=O) groups is 2. The molecule has 1 rings (SSSR count). The summed E-state index contributed by atoms with van der Waals surface area (Å²) in [5, 5.41) is 15.7. The second-order valence-corrected chi connectivity index (χ2v) is 4.15. The Kier molecular flexibility index (Phi) is 6.77. The number of halogens is 3. The smallest absolute Gasteiger partial charge is 0.480 e. The van der Waals surface area contributed by atoms with E-state index in [-0.39, 0.29) is 18.8 Å². The lowest BCUT2D eigenvalue weighted by molar-refractivity contribution is -0.192. The van der Waals surface area contributed by atoms with Gasteiger partial charge >= 0.3 is 18.1 Å². The first-order chi connectivity index (χ1) is 8.52. The van der Waals surface area contributed by atoms with E-state index in [9.17, 15) is 18.0 Å². The second kappa shape index (κ2) is 7.29. The molecule has 1 aliphatic heterocycles. The minimum atomic E-state index is -5.08. The summed E-state index contributed by atoms with van der Waals surface area (Å²) in [7, 11) is 0. The zero-order chi connectivity index (χ0) is 15.2. The SMILES string of the molecule is C[C@@H]1CN(CC(=O)O)C[C@H](C)O1.O=C(O)C(F)(F)F. The zero-order valence-corrected chi connectivity index (χ0v) is 10.5. The molecule has 1 fully saturated rings. The maximum Gasteiger partial charge on any atom is 0.490 e. The number of rotatable bonds is 2. The summed E-state index contributed by atoms with van der Waals surface area (Å²) in [5.74, 6) is -3.52. The highest BCUT2D eigenvalue weighted by Crippen LogP contribution is 2.13. The minimum absolute atomic E-state index is 0.123. The molecule has 1 saturated heterocycles. The van der Waals surface area contributed by atoms with Gasteiger partial charge in [-0.05, 0) is 13.8 Å². The molecule has 0 aromatic carbocycles. The summed E-state index contributed by atoms with van der Waals surface area (Å²) >= 11 is 0. The first kappa shape index (κ1) is 17.6. The summed E-state index contributed by atoms with van der Waals surface area (Å²) in [4.78, 5) is 21.2. The number of alkyl halides is 3. The van der Waals surface area contributed by atoms with Gasteiger partial charge in [0.15, 0.2) is 0 Å². The lowest BCUT2D eigenvalue weighted by Gasteiger charge is -2.34. The number of morpholine rings is 1. The summed E-state index contributed by atoms with van der Waals surface area (Å²) in [6, 6.07) is 0. The van der Waals surface area contributed by atoms with Crippen molar-refractivity contribution < 1.29 is 37.7 Å². The molecule has 6 nitrogen and oxygen atoms in total. The molecule has 19 heavy (non-hydrogen) atoms. The van der Waals surface area contributed by atoms with Crippen molar-refractivity contribution in [3.8, 4) is 0 Å². The second-order valence-electron chi connectivity index (χ2n) is 4.15. The highest BCUT2D eigenvalue weighted by atomic mass is 19.4. The fourth-order valence-electron chi connectivity index (χ4n) is 1.60. The summed E-state index contributed by atoms with van der Waals surface area (Å²) < 4.78 is 37.2. The Labute approximate surface area is 107 Å². The molecule has 0 unspecified atom stereocenters. The molecule has 0 radical (unpaired) electrons. The molecule has 0 spiro atoms. The zero-order valence-electron chi connectivity index (χ0n) is 10.5. The first-order valence-corrected chi connectivity index (χ1v) is 5.42. The average Bonchev–Trinajstić information content (AvgIpc) is 2.13. The number of hydrogen-bond acceptors (Lipinski definition) is 4. The van der Waals surface area contributed by atoms with Crippen molar-refractivity contribution in [2.24, 2.45) is 0 Å². The van der Waals surface area contributed by atoms with Gasteiger partial charge in [0.2, 0.25) is 0 Å². The van der Waals surface area contributed by atoms with Gasteiger partial charge < -0.3 is 14.9 Å². The quantitative estimate of drug-likeness (QED) is 0.781. The van der Waals surface area contributed by atoms with Crippen LogP contribution in [0.4, 0.5) is 13.2 Å². The van der Waals surface area contributed by atoms with Gasteiger partial charge in [-0.2, -0.15) is 13.2 Å². The van der Waals surface area contributed by atoms with Crippen molar-refractivity contribution in [2.75, 3.05) is 19.6 Å². The highest BCUT2D eigenvalue weighted by molar-refractivity contribution is 5.73. The van der Waals surface area contributed by atoms with Crippen molar-refractivity contribution >= 4 is 11.9 Å². The van der Waals surface area contributed by atoms with Crippen LogP contribution in [0.2, 0.25) is 0 Å². The number of carboxylic acids is 2. The van der Waals surface area contributed by atoms with Gasteiger partial charge in [0.05, 0.1) is 18.8 Å². The molecule has 0 bridgehead atoms. The van der Waals surface area contributed by atoms with Gasteiger partial charge in [-0.1, -0.05) is 0 Å². The number of nitrogens with zero attached hydrogens (tertiary/aromatic N) is 1. The molecular weight excluding hydrogens is 271 g/mol. The third-order valence-electron chi connectivity index (χ3n) is 2.10. The molecule has 0 amide bonds. The monoisotopic (exact) mass is 287 g/mol. The van der Waals surface area contributed by atoms with Gasteiger partial charge in [-0.25, -0.2) is 4.79 Å². The van der Waals surface area contributed by atoms with Crippen LogP contribution >= 0.6 is 0 Å². The Morgan fingerprint density at radius 3 is 1.84 bits per heavy atom. The Morgan fingerprint density at radius 2 is 1.58 bits per heavy atom. The largest absolute Gasteiger partial charge is 0.490 e. The van der Waals surface area contributed by atoms with E-state index in [4.69, 9.17) is 19.7 Å². The molecule has 2 atom stereocenters. The van der Waals surface area contributed by atoms with Crippen LogP contribution in [0.3, 0.4) is 0 Å². The maximum absolute atomic E-state index is 10.6. The van der Waals surface area contributed by atoms with E-state index in [0.717, 1.165) is 13.1 Å². The third kappa shape index (κ3) is 8.38. The fraction of sp³-hybridized carbons (Fsp3) is 0.800. The molecule has 112 valence electrons. The highest BCUT2D eigenvalue weighted by Gasteiger charge is 2.38. The molecule has 0 aromatic rings. The van der Waals surface area contributed by atoms with Crippen molar-refractivity contribution in [1.82, 2.24) is 4.90 Å². The number of aliphatic carboxylic acids is 2. The molecule has 0 aromatic heterocycles. The predicted molar refractivity (Wildman–Crippen MR) is 57.8 cm³/mol. The maximum atomic E-state index is 10.6. The Morgan fingerprint density at radius 1 is 1.21 bits per heavy atom.